The molecule has 4 aromatic heterocycles. The number of hydrogen-bond acceptors (Lipinski definition) is 6. The first-order chi connectivity index (χ1) is 21.4. The van der Waals surface area contributed by atoms with Crippen molar-refractivity contribution in [3.63, 3.8) is 0 Å². The van der Waals surface area contributed by atoms with E-state index in [-0.39, 0.29) is 11.8 Å². The predicted octanol–water partition coefficient (Wildman–Crippen LogP) is 8.42. The SMILES string of the molecule is Cc1ccc(-c2cc(C(=O)Nc3ccccc3NC(=O)c3cc(-c4ccc(C)o4)nc4ccccc34)c3ccccc3n2)o1. The molecule has 0 radical (unpaired) electrons. The Morgan fingerprint density at radius 3 is 1.36 bits per heavy atom. The standard InChI is InChI=1S/C36H26N4O4/c1-21-15-17-33(43-21)31-19-25(23-9-3-5-11-27(23)37-31)35(41)39-29-13-7-8-14-30(29)40-36(42)26-20-32(34-18-16-22(2)44-34)38-28-12-6-4-10-24(26)28/h3-20H,1-2H3,(H,39,41)(H,40,42). The molecule has 0 aliphatic rings. The molecular formula is C36H26N4O4. The van der Waals surface area contributed by atoms with E-state index in [9.17, 15) is 9.59 Å². The molecule has 0 aliphatic carbocycles. The van der Waals surface area contributed by atoms with Gasteiger partial charge < -0.3 is 19.5 Å². The summed E-state index contributed by atoms with van der Waals surface area (Å²) in [4.78, 5) is 37.0. The number of amides is 2. The molecule has 214 valence electrons. The molecule has 7 rings (SSSR count). The summed E-state index contributed by atoms with van der Waals surface area (Å²) in [5.41, 5.74) is 4.19. The fraction of sp³-hybridized carbons (Fsp3) is 0.0556. The highest BCUT2D eigenvalue weighted by atomic mass is 16.3. The molecule has 2 amide bonds. The summed E-state index contributed by atoms with van der Waals surface area (Å²) in [7, 11) is 0. The molecule has 0 fully saturated rings. The lowest BCUT2D eigenvalue weighted by Crippen LogP contribution is -2.17. The van der Waals surface area contributed by atoms with Gasteiger partial charge >= 0.3 is 0 Å². The number of nitrogens with zero attached hydrogens (tertiary/aromatic N) is 2. The van der Waals surface area contributed by atoms with Crippen LogP contribution in [0, 0.1) is 13.8 Å². The summed E-state index contributed by atoms with van der Waals surface area (Å²) in [6.07, 6.45) is 0. The van der Waals surface area contributed by atoms with E-state index in [0.717, 1.165) is 11.5 Å². The molecule has 44 heavy (non-hydrogen) atoms. The molecule has 0 atom stereocenters. The van der Waals surface area contributed by atoms with Crippen molar-refractivity contribution in [2.24, 2.45) is 0 Å². The van der Waals surface area contributed by atoms with Crippen molar-refractivity contribution < 1.29 is 18.4 Å². The van der Waals surface area contributed by atoms with Gasteiger partial charge in [0.1, 0.15) is 22.9 Å². The number of rotatable bonds is 6. The highest BCUT2D eigenvalue weighted by Gasteiger charge is 2.19. The third kappa shape index (κ3) is 5.09. The molecule has 0 spiro atoms. The Morgan fingerprint density at radius 1 is 0.545 bits per heavy atom. The Morgan fingerprint density at radius 2 is 0.955 bits per heavy atom. The van der Waals surface area contributed by atoms with Gasteiger partial charge in [-0.25, -0.2) is 9.97 Å². The first-order valence-electron chi connectivity index (χ1n) is 14.1. The number of aromatic nitrogens is 2. The number of fused-ring (bicyclic) bond motifs is 2. The summed E-state index contributed by atoms with van der Waals surface area (Å²) in [5.74, 6) is 1.95. The van der Waals surface area contributed by atoms with Gasteiger partial charge in [0.2, 0.25) is 0 Å². The Labute approximate surface area is 252 Å². The van der Waals surface area contributed by atoms with E-state index in [4.69, 9.17) is 18.8 Å². The number of aryl methyl sites for hydroxylation is 2. The van der Waals surface area contributed by atoms with Crippen molar-refractivity contribution in [1.82, 2.24) is 9.97 Å². The number of pyridine rings is 2. The molecule has 0 saturated carbocycles. The lowest BCUT2D eigenvalue weighted by atomic mass is 10.1. The maximum absolute atomic E-state index is 13.8. The van der Waals surface area contributed by atoms with Crippen LogP contribution in [0.25, 0.3) is 44.7 Å². The van der Waals surface area contributed by atoms with Gasteiger partial charge in [0.05, 0.1) is 33.5 Å². The molecule has 3 aromatic carbocycles. The lowest BCUT2D eigenvalue weighted by molar-refractivity contribution is 0.101. The number of nitrogens with one attached hydrogen (secondary N) is 2. The summed E-state index contributed by atoms with van der Waals surface area (Å²) in [6.45, 7) is 3.72. The Balaban J connectivity index is 1.22. The van der Waals surface area contributed by atoms with E-state index < -0.39 is 0 Å². The van der Waals surface area contributed by atoms with Crippen LogP contribution in [0.5, 0.6) is 0 Å². The third-order valence-corrected chi connectivity index (χ3v) is 7.33. The quantitative estimate of drug-likeness (QED) is 0.205. The van der Waals surface area contributed by atoms with E-state index in [0.29, 0.717) is 67.2 Å². The van der Waals surface area contributed by atoms with Gasteiger partial charge in [0, 0.05) is 10.8 Å². The van der Waals surface area contributed by atoms with Crippen LogP contribution in [-0.4, -0.2) is 21.8 Å². The molecule has 8 nitrogen and oxygen atoms in total. The second-order valence-corrected chi connectivity index (χ2v) is 10.4. The zero-order chi connectivity index (χ0) is 30.2. The molecule has 0 aliphatic heterocycles. The summed E-state index contributed by atoms with van der Waals surface area (Å²) < 4.78 is 11.6. The second-order valence-electron chi connectivity index (χ2n) is 10.4. The normalized spacial score (nSPS) is 11.1. The highest BCUT2D eigenvalue weighted by Crippen LogP contribution is 2.30. The number of benzene rings is 3. The van der Waals surface area contributed by atoms with Gasteiger partial charge in [-0.05, 0) is 74.5 Å². The van der Waals surface area contributed by atoms with Crippen LogP contribution < -0.4 is 10.6 Å². The molecule has 2 N–H and O–H groups in total. The van der Waals surface area contributed by atoms with Crippen LogP contribution in [0.15, 0.2) is 118 Å². The fourth-order valence-electron chi connectivity index (χ4n) is 5.20. The number of anilines is 2. The number of hydrogen-bond donors (Lipinski definition) is 2. The third-order valence-electron chi connectivity index (χ3n) is 7.33. The van der Waals surface area contributed by atoms with Crippen LogP contribution >= 0.6 is 0 Å². The molecule has 0 bridgehead atoms. The van der Waals surface area contributed by atoms with Gasteiger partial charge in [0.15, 0.2) is 11.5 Å². The molecule has 8 heteroatoms. The average molecular weight is 579 g/mol. The number of carbonyl (C=O) groups excluding carboxylic acids is 2. The van der Waals surface area contributed by atoms with Gasteiger partial charge in [0.25, 0.3) is 11.8 Å². The molecule has 0 saturated heterocycles. The number of furan rings is 2. The predicted molar refractivity (Wildman–Crippen MR) is 171 cm³/mol. The van der Waals surface area contributed by atoms with Gasteiger partial charge in [-0.1, -0.05) is 48.5 Å². The lowest BCUT2D eigenvalue weighted by Gasteiger charge is -2.15. The van der Waals surface area contributed by atoms with E-state index >= 15 is 0 Å². The zero-order valence-electron chi connectivity index (χ0n) is 23.9. The molecular weight excluding hydrogens is 552 g/mol. The maximum Gasteiger partial charge on any atom is 0.256 e. The summed E-state index contributed by atoms with van der Waals surface area (Å²) >= 11 is 0. The van der Waals surface area contributed by atoms with Crippen molar-refractivity contribution >= 4 is 45.0 Å². The van der Waals surface area contributed by atoms with E-state index in [1.165, 1.54) is 0 Å². The summed E-state index contributed by atoms with van der Waals surface area (Å²) in [6, 6.07) is 32.8. The Kier molecular flexibility index (Phi) is 6.71. The topological polar surface area (TPSA) is 110 Å². The van der Waals surface area contributed by atoms with E-state index in [2.05, 4.69) is 10.6 Å². The second kappa shape index (κ2) is 11.0. The zero-order valence-corrected chi connectivity index (χ0v) is 23.9. The first kappa shape index (κ1) is 26.9. The van der Waals surface area contributed by atoms with Gasteiger partial charge in [-0.3, -0.25) is 9.59 Å². The minimum absolute atomic E-state index is 0.348. The number of carbonyl (C=O) groups is 2. The van der Waals surface area contributed by atoms with Crippen molar-refractivity contribution in [3.05, 3.63) is 132 Å². The van der Waals surface area contributed by atoms with Crippen LogP contribution in [0.3, 0.4) is 0 Å². The minimum atomic E-state index is -0.348. The first-order valence-corrected chi connectivity index (χ1v) is 14.1. The molecule has 4 heterocycles. The van der Waals surface area contributed by atoms with Gasteiger partial charge in [-0.15, -0.1) is 0 Å². The smallest absolute Gasteiger partial charge is 0.256 e. The number of para-hydroxylation sites is 4. The average Bonchev–Trinajstić information content (AvgIpc) is 3.69. The maximum atomic E-state index is 13.8. The minimum Gasteiger partial charge on any atom is -0.460 e. The fourth-order valence-corrected chi connectivity index (χ4v) is 5.20. The largest absolute Gasteiger partial charge is 0.460 e. The Bertz CT molecular complexity index is 2060. The molecule has 0 unspecified atom stereocenters. The van der Waals surface area contributed by atoms with Crippen molar-refractivity contribution in [1.29, 1.82) is 0 Å². The monoisotopic (exact) mass is 578 g/mol. The van der Waals surface area contributed by atoms with Crippen LogP contribution in [0.1, 0.15) is 32.2 Å². The van der Waals surface area contributed by atoms with Crippen LogP contribution in [0.2, 0.25) is 0 Å². The molecule has 7 aromatic rings. The van der Waals surface area contributed by atoms with Crippen molar-refractivity contribution in [2.75, 3.05) is 10.6 Å². The van der Waals surface area contributed by atoms with E-state index in [1.54, 1.807) is 36.4 Å². The van der Waals surface area contributed by atoms with E-state index in [1.807, 2.05) is 86.6 Å². The van der Waals surface area contributed by atoms with Crippen LogP contribution in [-0.2, 0) is 0 Å². The van der Waals surface area contributed by atoms with Gasteiger partial charge in [-0.2, -0.15) is 0 Å². The Hall–Kier alpha value is -6.02. The van der Waals surface area contributed by atoms with Crippen molar-refractivity contribution in [3.8, 4) is 22.9 Å². The highest BCUT2D eigenvalue weighted by molar-refractivity contribution is 6.17. The van der Waals surface area contributed by atoms with Crippen LogP contribution in [0.4, 0.5) is 11.4 Å². The van der Waals surface area contributed by atoms with Crippen molar-refractivity contribution in [2.45, 2.75) is 13.8 Å². The summed E-state index contributed by atoms with van der Waals surface area (Å²) in [5, 5.41) is 7.39.